The van der Waals surface area contributed by atoms with Crippen LogP contribution in [-0.4, -0.2) is 74.4 Å². The lowest BCUT2D eigenvalue weighted by Gasteiger charge is -2.30. The Kier molecular flexibility index (Phi) is 7.88. The first-order valence-corrected chi connectivity index (χ1v) is 14.6. The van der Waals surface area contributed by atoms with E-state index in [2.05, 4.69) is 40.2 Å². The van der Waals surface area contributed by atoms with Crippen LogP contribution in [0.1, 0.15) is 29.8 Å². The first-order chi connectivity index (χ1) is 18.4. The van der Waals surface area contributed by atoms with Crippen molar-refractivity contribution in [3.63, 3.8) is 0 Å². The maximum absolute atomic E-state index is 11.7. The van der Waals surface area contributed by atoms with Gasteiger partial charge in [0, 0.05) is 50.0 Å². The van der Waals surface area contributed by atoms with Crippen LogP contribution in [0.2, 0.25) is 0 Å². The second-order valence-corrected chi connectivity index (χ2v) is 11.6. The molecule has 1 aromatic heterocycles. The number of hydrogen-bond acceptors (Lipinski definition) is 8. The average Bonchev–Trinajstić information content (AvgIpc) is 2.94. The van der Waals surface area contributed by atoms with Crippen LogP contribution in [0, 0.1) is 11.3 Å². The Morgan fingerprint density at radius 1 is 1.05 bits per heavy atom. The van der Waals surface area contributed by atoms with Crippen LogP contribution in [0.5, 0.6) is 5.75 Å². The molecule has 0 saturated carbocycles. The summed E-state index contributed by atoms with van der Waals surface area (Å²) >= 11 is 0. The van der Waals surface area contributed by atoms with Crippen molar-refractivity contribution in [3.05, 3.63) is 71.7 Å². The normalized spacial score (nSPS) is 17.2. The molecule has 2 aromatic carbocycles. The summed E-state index contributed by atoms with van der Waals surface area (Å²) in [6, 6.07) is 18.0. The molecule has 2 aliphatic rings. The number of ether oxygens (including phenoxy) is 2. The number of aromatic nitrogens is 2. The van der Waals surface area contributed by atoms with Crippen molar-refractivity contribution in [2.75, 3.05) is 50.5 Å². The third kappa shape index (κ3) is 6.30. The van der Waals surface area contributed by atoms with Crippen molar-refractivity contribution >= 4 is 15.7 Å². The smallest absolute Gasteiger partial charge is 0.211 e. The third-order valence-corrected chi connectivity index (χ3v) is 8.24. The molecule has 0 atom stereocenters. The van der Waals surface area contributed by atoms with Gasteiger partial charge in [0.15, 0.2) is 0 Å². The molecule has 10 heteroatoms. The molecular weight excluding hydrogens is 502 g/mol. The predicted molar refractivity (Wildman–Crippen MR) is 145 cm³/mol. The summed E-state index contributed by atoms with van der Waals surface area (Å²) in [6.45, 7) is 4.16. The standard InChI is InChI=1S/C28H31N5O4S/c1-38(34,35)33-12-9-25(10-13-33)37-27-7-4-22(19-23(27)20-29)26-8-11-30-28(31-26)18-21-2-5-24(6-3-21)32-14-16-36-17-15-32/h2-8,11,19,25H,9-10,12-18H2,1H3. The summed E-state index contributed by atoms with van der Waals surface area (Å²) in [5.41, 5.74) is 4.30. The van der Waals surface area contributed by atoms with Crippen LogP contribution in [0.3, 0.4) is 0 Å². The number of benzene rings is 2. The van der Waals surface area contributed by atoms with E-state index in [0.29, 0.717) is 49.5 Å². The zero-order valence-corrected chi connectivity index (χ0v) is 22.2. The van der Waals surface area contributed by atoms with E-state index < -0.39 is 10.0 Å². The molecule has 2 fully saturated rings. The highest BCUT2D eigenvalue weighted by atomic mass is 32.2. The number of piperidine rings is 1. The van der Waals surface area contributed by atoms with Gasteiger partial charge in [-0.3, -0.25) is 0 Å². The van der Waals surface area contributed by atoms with Crippen LogP contribution >= 0.6 is 0 Å². The zero-order valence-electron chi connectivity index (χ0n) is 21.4. The van der Waals surface area contributed by atoms with E-state index in [1.165, 1.54) is 16.2 Å². The van der Waals surface area contributed by atoms with Gasteiger partial charge in [0.1, 0.15) is 23.7 Å². The SMILES string of the molecule is CS(=O)(=O)N1CCC(Oc2ccc(-c3ccnc(Cc4ccc(N5CCOCC5)cc4)n3)cc2C#N)CC1. The quantitative estimate of drug-likeness (QED) is 0.455. The van der Waals surface area contributed by atoms with Gasteiger partial charge < -0.3 is 14.4 Å². The maximum atomic E-state index is 11.7. The van der Waals surface area contributed by atoms with Crippen LogP contribution in [0.15, 0.2) is 54.7 Å². The van der Waals surface area contributed by atoms with E-state index in [9.17, 15) is 13.7 Å². The number of nitriles is 1. The minimum Gasteiger partial charge on any atom is -0.489 e. The van der Waals surface area contributed by atoms with Crippen molar-refractivity contribution in [3.8, 4) is 23.1 Å². The summed E-state index contributed by atoms with van der Waals surface area (Å²) in [7, 11) is -3.19. The van der Waals surface area contributed by atoms with E-state index in [-0.39, 0.29) is 6.10 Å². The molecule has 0 unspecified atom stereocenters. The van der Waals surface area contributed by atoms with Crippen LogP contribution in [0.4, 0.5) is 5.69 Å². The largest absolute Gasteiger partial charge is 0.489 e. The number of rotatable bonds is 7. The molecule has 198 valence electrons. The molecule has 5 rings (SSSR count). The van der Waals surface area contributed by atoms with Gasteiger partial charge in [-0.2, -0.15) is 5.26 Å². The zero-order chi connectivity index (χ0) is 26.5. The first-order valence-electron chi connectivity index (χ1n) is 12.8. The molecule has 38 heavy (non-hydrogen) atoms. The van der Waals surface area contributed by atoms with Crippen LogP contribution in [0.25, 0.3) is 11.3 Å². The molecular formula is C28H31N5O4S. The van der Waals surface area contributed by atoms with Gasteiger partial charge >= 0.3 is 0 Å². The van der Waals surface area contributed by atoms with E-state index >= 15 is 0 Å². The lowest BCUT2D eigenvalue weighted by Crippen LogP contribution is -2.41. The van der Waals surface area contributed by atoms with Gasteiger partial charge in [0.05, 0.1) is 30.7 Å². The fourth-order valence-corrected chi connectivity index (χ4v) is 5.69. The highest BCUT2D eigenvalue weighted by Gasteiger charge is 2.26. The van der Waals surface area contributed by atoms with E-state index in [4.69, 9.17) is 14.5 Å². The summed E-state index contributed by atoms with van der Waals surface area (Å²) in [4.78, 5) is 11.5. The molecule has 2 aliphatic heterocycles. The first kappa shape index (κ1) is 26.1. The van der Waals surface area contributed by atoms with Crippen molar-refractivity contribution < 1.29 is 17.9 Å². The third-order valence-electron chi connectivity index (χ3n) is 6.94. The Labute approximate surface area is 223 Å². The molecule has 0 bridgehead atoms. The monoisotopic (exact) mass is 533 g/mol. The highest BCUT2D eigenvalue weighted by Crippen LogP contribution is 2.28. The molecule has 9 nitrogen and oxygen atoms in total. The number of morpholine rings is 1. The summed E-state index contributed by atoms with van der Waals surface area (Å²) in [5, 5.41) is 9.77. The molecule has 0 amide bonds. The predicted octanol–water partition coefficient (Wildman–Crippen LogP) is 3.25. The van der Waals surface area contributed by atoms with Crippen molar-refractivity contribution in [1.29, 1.82) is 5.26 Å². The Morgan fingerprint density at radius 2 is 1.79 bits per heavy atom. The summed E-state index contributed by atoms with van der Waals surface area (Å²) < 4.78 is 36.5. The topological polar surface area (TPSA) is 109 Å². The Bertz CT molecular complexity index is 1410. The lowest BCUT2D eigenvalue weighted by molar-refractivity contribution is 0.122. The van der Waals surface area contributed by atoms with Gasteiger partial charge in [-0.1, -0.05) is 12.1 Å². The fourth-order valence-electron chi connectivity index (χ4n) is 4.81. The Balaban J connectivity index is 1.25. The minimum absolute atomic E-state index is 0.133. The van der Waals surface area contributed by atoms with Gasteiger partial charge in [0.25, 0.3) is 0 Å². The van der Waals surface area contributed by atoms with Crippen LogP contribution < -0.4 is 9.64 Å². The minimum atomic E-state index is -3.19. The van der Waals surface area contributed by atoms with Gasteiger partial charge in [-0.05, 0) is 54.8 Å². The molecule has 0 aliphatic carbocycles. The van der Waals surface area contributed by atoms with Crippen molar-refractivity contribution in [1.82, 2.24) is 14.3 Å². The Hall–Kier alpha value is -3.52. The second-order valence-electron chi connectivity index (χ2n) is 9.60. The number of hydrogen-bond donors (Lipinski definition) is 0. The number of nitrogens with zero attached hydrogens (tertiary/aromatic N) is 5. The van der Waals surface area contributed by atoms with E-state index in [1.54, 1.807) is 18.3 Å². The van der Waals surface area contributed by atoms with Gasteiger partial charge in [-0.15, -0.1) is 0 Å². The maximum Gasteiger partial charge on any atom is 0.211 e. The van der Waals surface area contributed by atoms with Gasteiger partial charge in [-0.25, -0.2) is 22.7 Å². The average molecular weight is 534 g/mol. The number of sulfonamides is 1. The molecule has 3 heterocycles. The van der Waals surface area contributed by atoms with Crippen molar-refractivity contribution in [2.45, 2.75) is 25.4 Å². The molecule has 0 spiro atoms. The number of anilines is 1. The Morgan fingerprint density at radius 3 is 2.47 bits per heavy atom. The van der Waals surface area contributed by atoms with Crippen molar-refractivity contribution in [2.24, 2.45) is 0 Å². The summed E-state index contributed by atoms with van der Waals surface area (Å²) in [6.07, 6.45) is 4.61. The molecule has 3 aromatic rings. The fraction of sp³-hybridized carbons (Fsp3) is 0.393. The van der Waals surface area contributed by atoms with E-state index in [1.807, 2.05) is 12.1 Å². The molecule has 0 N–H and O–H groups in total. The molecule has 0 radical (unpaired) electrons. The summed E-state index contributed by atoms with van der Waals surface area (Å²) in [5.74, 6) is 1.21. The lowest BCUT2D eigenvalue weighted by atomic mass is 10.1. The van der Waals surface area contributed by atoms with E-state index in [0.717, 1.165) is 43.1 Å². The highest BCUT2D eigenvalue weighted by molar-refractivity contribution is 7.88. The van der Waals surface area contributed by atoms with Crippen LogP contribution in [-0.2, 0) is 21.2 Å². The molecule has 2 saturated heterocycles. The van der Waals surface area contributed by atoms with Gasteiger partial charge in [0.2, 0.25) is 10.0 Å². The second kappa shape index (κ2) is 11.5.